The highest BCUT2D eigenvalue weighted by atomic mass is 79.9. The maximum Gasteiger partial charge on any atom is 0.205 e. The smallest absolute Gasteiger partial charge is 0.205 e. The van der Waals surface area contributed by atoms with E-state index in [4.69, 9.17) is 10.5 Å². The van der Waals surface area contributed by atoms with Crippen molar-refractivity contribution in [3.05, 3.63) is 57.1 Å². The minimum absolute atomic E-state index is 0.0583. The van der Waals surface area contributed by atoms with E-state index in [0.717, 1.165) is 10.0 Å². The van der Waals surface area contributed by atoms with Crippen LogP contribution in [0.4, 0.5) is 0 Å². The first kappa shape index (κ1) is 14.4. The highest BCUT2D eigenvalue weighted by molar-refractivity contribution is 9.10. The Balaban J connectivity index is 2.64. The Morgan fingerprint density at radius 3 is 2.50 bits per heavy atom. The largest absolute Gasteiger partial charge is 0.445 e. The van der Waals surface area contributed by atoms with Crippen LogP contribution >= 0.6 is 15.9 Å². The van der Waals surface area contributed by atoms with Gasteiger partial charge in [0.25, 0.3) is 0 Å². The summed E-state index contributed by atoms with van der Waals surface area (Å²) in [7, 11) is 0. The van der Waals surface area contributed by atoms with Gasteiger partial charge >= 0.3 is 0 Å². The van der Waals surface area contributed by atoms with E-state index in [0.29, 0.717) is 11.3 Å². The van der Waals surface area contributed by atoms with Crippen molar-refractivity contribution in [2.24, 2.45) is 5.73 Å². The van der Waals surface area contributed by atoms with E-state index in [9.17, 15) is 10.1 Å². The SMILES string of the molecule is CC(=O)C1=C(C)OC(N)=C(C#N)[C@@H]1c1ccc(Br)cc1. The molecule has 0 aromatic heterocycles. The third-order valence-electron chi connectivity index (χ3n) is 3.19. The van der Waals surface area contributed by atoms with Crippen LogP contribution in [0, 0.1) is 11.3 Å². The number of hydrogen-bond donors (Lipinski definition) is 1. The number of nitrogens with two attached hydrogens (primary N) is 1. The van der Waals surface area contributed by atoms with Gasteiger partial charge in [-0.25, -0.2) is 0 Å². The van der Waals surface area contributed by atoms with E-state index in [-0.39, 0.29) is 17.2 Å². The van der Waals surface area contributed by atoms with Crippen molar-refractivity contribution in [1.82, 2.24) is 0 Å². The number of ketones is 1. The molecule has 1 aromatic carbocycles. The van der Waals surface area contributed by atoms with Crippen LogP contribution in [0.5, 0.6) is 0 Å². The molecule has 2 rings (SSSR count). The van der Waals surface area contributed by atoms with Crippen LogP contribution < -0.4 is 5.73 Å². The Bertz CT molecular complexity index is 666. The minimum Gasteiger partial charge on any atom is -0.445 e. The Kier molecular flexibility index (Phi) is 3.96. The van der Waals surface area contributed by atoms with E-state index in [1.54, 1.807) is 6.92 Å². The fraction of sp³-hybridized carbons (Fsp3) is 0.200. The second-order valence-electron chi connectivity index (χ2n) is 4.50. The number of halogens is 1. The number of nitrogens with zero attached hydrogens (tertiary/aromatic N) is 1. The van der Waals surface area contributed by atoms with Crippen molar-refractivity contribution in [3.63, 3.8) is 0 Å². The monoisotopic (exact) mass is 332 g/mol. The Hall–Kier alpha value is -2.06. The Morgan fingerprint density at radius 1 is 1.40 bits per heavy atom. The Morgan fingerprint density at radius 2 is 2.00 bits per heavy atom. The fourth-order valence-electron chi connectivity index (χ4n) is 2.32. The number of benzene rings is 1. The van der Waals surface area contributed by atoms with Gasteiger partial charge in [-0.1, -0.05) is 28.1 Å². The second kappa shape index (κ2) is 5.51. The van der Waals surface area contributed by atoms with Crippen LogP contribution in [0.1, 0.15) is 25.3 Å². The second-order valence-corrected chi connectivity index (χ2v) is 5.42. The van der Waals surface area contributed by atoms with Gasteiger partial charge in [-0.05, 0) is 31.5 Å². The molecular formula is C15H13BrN2O2. The summed E-state index contributed by atoms with van der Waals surface area (Å²) in [6.45, 7) is 3.15. The van der Waals surface area contributed by atoms with Crippen LogP contribution in [0.3, 0.4) is 0 Å². The highest BCUT2D eigenvalue weighted by Crippen LogP contribution is 2.39. The molecule has 102 valence electrons. The first-order valence-electron chi connectivity index (χ1n) is 6.00. The van der Waals surface area contributed by atoms with Gasteiger partial charge in [0.05, 0.1) is 5.92 Å². The van der Waals surface area contributed by atoms with E-state index in [1.807, 2.05) is 24.3 Å². The summed E-state index contributed by atoms with van der Waals surface area (Å²) < 4.78 is 6.25. The molecule has 5 heteroatoms. The molecule has 1 atom stereocenters. The molecule has 0 unspecified atom stereocenters. The molecule has 1 aromatic rings. The zero-order chi connectivity index (χ0) is 14.9. The first-order valence-corrected chi connectivity index (χ1v) is 6.79. The topological polar surface area (TPSA) is 76.1 Å². The van der Waals surface area contributed by atoms with Gasteiger partial charge in [-0.2, -0.15) is 5.26 Å². The van der Waals surface area contributed by atoms with Crippen molar-refractivity contribution >= 4 is 21.7 Å². The lowest BCUT2D eigenvalue weighted by molar-refractivity contribution is -0.114. The summed E-state index contributed by atoms with van der Waals surface area (Å²) in [6, 6.07) is 9.51. The molecule has 0 amide bonds. The molecule has 2 N–H and O–H groups in total. The van der Waals surface area contributed by atoms with Crippen LogP contribution in [0.25, 0.3) is 0 Å². The molecule has 20 heavy (non-hydrogen) atoms. The van der Waals surface area contributed by atoms with Crippen molar-refractivity contribution in [3.8, 4) is 6.07 Å². The zero-order valence-corrected chi connectivity index (χ0v) is 12.7. The predicted molar refractivity (Wildman–Crippen MR) is 78.2 cm³/mol. The third kappa shape index (κ3) is 2.47. The average Bonchev–Trinajstić information content (AvgIpc) is 2.38. The van der Waals surface area contributed by atoms with Gasteiger partial charge in [0, 0.05) is 10.0 Å². The zero-order valence-electron chi connectivity index (χ0n) is 11.1. The van der Waals surface area contributed by atoms with Gasteiger partial charge in [-0.15, -0.1) is 0 Å². The number of ether oxygens (including phenoxy) is 1. The van der Waals surface area contributed by atoms with Crippen molar-refractivity contribution in [2.45, 2.75) is 19.8 Å². The van der Waals surface area contributed by atoms with Crippen molar-refractivity contribution in [1.29, 1.82) is 5.26 Å². The van der Waals surface area contributed by atoms with Crippen LogP contribution in [0.15, 0.2) is 51.5 Å². The molecule has 1 aliphatic rings. The molecular weight excluding hydrogens is 320 g/mol. The summed E-state index contributed by atoms with van der Waals surface area (Å²) in [5.41, 5.74) is 7.35. The van der Waals surface area contributed by atoms with Gasteiger partial charge < -0.3 is 10.5 Å². The van der Waals surface area contributed by atoms with Crippen LogP contribution in [0.2, 0.25) is 0 Å². The molecule has 0 saturated carbocycles. The van der Waals surface area contributed by atoms with E-state index >= 15 is 0 Å². The lowest BCUT2D eigenvalue weighted by atomic mass is 9.81. The van der Waals surface area contributed by atoms with E-state index in [1.165, 1.54) is 6.92 Å². The molecule has 0 spiro atoms. The third-order valence-corrected chi connectivity index (χ3v) is 3.72. The van der Waals surface area contributed by atoms with Gasteiger partial charge in [0.2, 0.25) is 5.88 Å². The van der Waals surface area contributed by atoms with Crippen molar-refractivity contribution < 1.29 is 9.53 Å². The standard InChI is InChI=1S/C15H13BrN2O2/c1-8(19)13-9(2)20-15(18)12(7-17)14(13)10-3-5-11(16)6-4-10/h3-6,14H,18H2,1-2H3/t14-/m0/s1. The maximum atomic E-state index is 11.9. The number of Topliss-reactive ketones (excluding diaryl/α,β-unsaturated/α-hetero) is 1. The minimum atomic E-state index is -0.473. The van der Waals surface area contributed by atoms with Crippen molar-refractivity contribution in [2.75, 3.05) is 0 Å². The number of carbonyl (C=O) groups excluding carboxylic acids is 1. The molecule has 0 saturated heterocycles. The lowest BCUT2D eigenvalue weighted by Gasteiger charge is -2.26. The quantitative estimate of drug-likeness (QED) is 0.902. The summed E-state index contributed by atoms with van der Waals surface area (Å²) in [5, 5.41) is 9.32. The summed E-state index contributed by atoms with van der Waals surface area (Å²) in [6.07, 6.45) is 0. The molecule has 1 aliphatic heterocycles. The van der Waals surface area contributed by atoms with E-state index < -0.39 is 5.92 Å². The summed E-state index contributed by atoms with van der Waals surface area (Å²) in [5.74, 6) is -0.0974. The van der Waals surface area contributed by atoms with Gasteiger partial charge in [0.1, 0.15) is 17.4 Å². The fourth-order valence-corrected chi connectivity index (χ4v) is 2.59. The molecule has 4 nitrogen and oxygen atoms in total. The number of nitriles is 1. The Labute approximate surface area is 125 Å². The normalized spacial score (nSPS) is 18.6. The molecule has 0 radical (unpaired) electrons. The number of rotatable bonds is 2. The van der Waals surface area contributed by atoms with Crippen LogP contribution in [-0.4, -0.2) is 5.78 Å². The lowest BCUT2D eigenvalue weighted by Crippen LogP contribution is -2.23. The van der Waals surface area contributed by atoms with Gasteiger partial charge in [-0.3, -0.25) is 4.79 Å². The first-order chi connectivity index (χ1) is 9.45. The average molecular weight is 333 g/mol. The summed E-state index contributed by atoms with van der Waals surface area (Å²) in [4.78, 5) is 11.9. The predicted octanol–water partition coefficient (Wildman–Crippen LogP) is 3.12. The summed E-state index contributed by atoms with van der Waals surface area (Å²) >= 11 is 3.36. The van der Waals surface area contributed by atoms with Crippen LogP contribution in [-0.2, 0) is 9.53 Å². The maximum absolute atomic E-state index is 11.9. The van der Waals surface area contributed by atoms with Gasteiger partial charge in [0.15, 0.2) is 5.78 Å². The molecule has 0 bridgehead atoms. The number of hydrogen-bond acceptors (Lipinski definition) is 4. The molecule has 0 aliphatic carbocycles. The molecule has 1 heterocycles. The van der Waals surface area contributed by atoms with E-state index in [2.05, 4.69) is 22.0 Å². The number of allylic oxidation sites excluding steroid dienone is 3. The number of carbonyl (C=O) groups is 1. The molecule has 0 fully saturated rings. The highest BCUT2D eigenvalue weighted by Gasteiger charge is 2.33.